The smallest absolute Gasteiger partial charge is 0.523 e. The summed E-state index contributed by atoms with van der Waals surface area (Å²) in [6, 6.07) is 0. The van der Waals surface area contributed by atoms with E-state index in [0.29, 0.717) is 5.13 Å². The summed E-state index contributed by atoms with van der Waals surface area (Å²) in [5, 5.41) is 8.68. The van der Waals surface area contributed by atoms with E-state index in [1.54, 1.807) is 0 Å². The van der Waals surface area contributed by atoms with Gasteiger partial charge in [0.05, 0.1) is 10.3 Å². The molecule has 0 radical (unpaired) electrons. The predicted octanol–water partition coefficient (Wildman–Crippen LogP) is -0.751. The minimum atomic E-state index is 0. The number of hydrogen-bond donors (Lipinski definition) is 0. The number of diazo groups is 1. The minimum absolute atomic E-state index is 0. The lowest BCUT2D eigenvalue weighted by Gasteiger charge is -1.70. The van der Waals surface area contributed by atoms with Gasteiger partial charge in [-0.1, -0.05) is 0 Å². The predicted molar refractivity (Wildman–Crippen MR) is 36.3 cm³/mol. The van der Waals surface area contributed by atoms with Crippen LogP contribution in [0.2, 0.25) is 0 Å². The average molecular weight is 176 g/mol. The Morgan fingerprint density at radius 1 is 1.50 bits per heavy atom. The van der Waals surface area contributed by atoms with E-state index in [1.165, 1.54) is 11.3 Å². The van der Waals surface area contributed by atoms with Gasteiger partial charge in [0.1, 0.15) is 0 Å². The number of aromatic nitrogens is 1. The average Bonchev–Trinajstić information content (AvgIpc) is 2.13. The van der Waals surface area contributed by atoms with Gasteiger partial charge >= 0.3 is 5.13 Å². The number of nitrogens with zero attached hydrogens (tertiary/aromatic N) is 3. The zero-order valence-corrected chi connectivity index (χ0v) is 7.20. The van der Waals surface area contributed by atoms with Crippen molar-refractivity contribution >= 4 is 16.5 Å². The summed E-state index contributed by atoms with van der Waals surface area (Å²) < 4.78 is 0. The van der Waals surface area contributed by atoms with Crippen molar-refractivity contribution in [1.82, 2.24) is 4.98 Å². The first-order valence-electron chi connectivity index (χ1n) is 2.53. The third-order valence-electron chi connectivity index (χ3n) is 1.10. The van der Waals surface area contributed by atoms with Gasteiger partial charge in [0.2, 0.25) is 0 Å². The van der Waals surface area contributed by atoms with Gasteiger partial charge in [-0.15, -0.1) is 0 Å². The molecule has 0 amide bonds. The van der Waals surface area contributed by atoms with Crippen LogP contribution in [0.4, 0.5) is 5.13 Å². The molecule has 54 valence electrons. The highest BCUT2D eigenvalue weighted by Gasteiger charge is 2.13. The molecule has 1 aromatic heterocycles. The zero-order valence-electron chi connectivity index (χ0n) is 5.63. The third-order valence-corrected chi connectivity index (χ3v) is 2.06. The van der Waals surface area contributed by atoms with E-state index in [4.69, 9.17) is 5.39 Å². The molecule has 0 fully saturated rings. The summed E-state index contributed by atoms with van der Waals surface area (Å²) >= 11 is 1.39. The molecule has 1 aromatic rings. The van der Waals surface area contributed by atoms with Crippen molar-refractivity contribution in [2.24, 2.45) is 0 Å². The summed E-state index contributed by atoms with van der Waals surface area (Å²) in [5.41, 5.74) is 0.938. The fourth-order valence-electron chi connectivity index (χ4n) is 0.499. The molecule has 0 aromatic carbocycles. The van der Waals surface area contributed by atoms with Crippen LogP contribution in [0.25, 0.3) is 4.98 Å². The standard InChI is InChI=1S/C5H6N3S.ClH/c1-3-4(2)9-5(7-3)8-6;/h1-2H3;1H/q+1;/p-1. The van der Waals surface area contributed by atoms with E-state index < -0.39 is 0 Å². The highest BCUT2D eigenvalue weighted by atomic mass is 35.5. The van der Waals surface area contributed by atoms with Crippen molar-refractivity contribution in [2.45, 2.75) is 13.8 Å². The van der Waals surface area contributed by atoms with Crippen molar-refractivity contribution in [1.29, 1.82) is 5.39 Å². The highest BCUT2D eigenvalue weighted by Crippen LogP contribution is 2.23. The second-order valence-electron chi connectivity index (χ2n) is 1.74. The van der Waals surface area contributed by atoms with Gasteiger partial charge in [0.15, 0.2) is 5.69 Å². The van der Waals surface area contributed by atoms with E-state index in [1.807, 2.05) is 13.8 Å². The van der Waals surface area contributed by atoms with Crippen LogP contribution in [-0.4, -0.2) is 4.98 Å². The molecule has 0 N–H and O–H groups in total. The lowest BCUT2D eigenvalue weighted by Crippen LogP contribution is -3.00. The Bertz CT molecular complexity index is 243. The molecule has 5 heteroatoms. The van der Waals surface area contributed by atoms with Gasteiger partial charge < -0.3 is 12.4 Å². The molecule has 1 heterocycles. The number of aryl methyl sites for hydroxylation is 2. The molecule has 10 heavy (non-hydrogen) atoms. The van der Waals surface area contributed by atoms with E-state index in [0.717, 1.165) is 10.6 Å². The SMILES string of the molecule is Cc1nc([N+]#N)sc1C.[Cl-]. The molecule has 0 atom stereocenters. The Labute approximate surface area is 69.1 Å². The lowest BCUT2D eigenvalue weighted by atomic mass is 10.4. The van der Waals surface area contributed by atoms with E-state index >= 15 is 0 Å². The molecule has 1 rings (SSSR count). The number of thiazole rings is 1. The Hall–Kier alpha value is -0.660. The molecule has 0 unspecified atom stereocenters. The molecule has 3 nitrogen and oxygen atoms in total. The molecule has 0 aliphatic carbocycles. The fraction of sp³-hybridized carbons (Fsp3) is 0.400. The quantitative estimate of drug-likeness (QED) is 0.487. The lowest BCUT2D eigenvalue weighted by molar-refractivity contribution is -0.00000224. The minimum Gasteiger partial charge on any atom is -1.00 e. The summed E-state index contributed by atoms with van der Waals surface area (Å²) in [4.78, 5) is 7.99. The van der Waals surface area contributed by atoms with Gasteiger partial charge in [0.25, 0.3) is 0 Å². The zero-order chi connectivity index (χ0) is 6.85. The van der Waals surface area contributed by atoms with Crippen LogP contribution in [0.1, 0.15) is 10.6 Å². The van der Waals surface area contributed by atoms with Crippen molar-refractivity contribution in [3.63, 3.8) is 0 Å². The van der Waals surface area contributed by atoms with Crippen molar-refractivity contribution in [2.75, 3.05) is 0 Å². The van der Waals surface area contributed by atoms with Gasteiger partial charge in [-0.05, 0) is 23.2 Å². The molecular formula is C5H6ClN3S. The molecule has 0 aliphatic heterocycles. The van der Waals surface area contributed by atoms with Crippen LogP contribution < -0.4 is 12.4 Å². The van der Waals surface area contributed by atoms with Crippen LogP contribution in [0.5, 0.6) is 0 Å². The highest BCUT2D eigenvalue weighted by molar-refractivity contribution is 7.15. The Morgan fingerprint density at radius 3 is 2.30 bits per heavy atom. The van der Waals surface area contributed by atoms with Gasteiger partial charge in [-0.25, -0.2) is 0 Å². The number of rotatable bonds is 0. The maximum atomic E-state index is 8.25. The first kappa shape index (κ1) is 9.34. The summed E-state index contributed by atoms with van der Waals surface area (Å²) in [6.07, 6.45) is 0. The second kappa shape index (κ2) is 3.49. The first-order valence-corrected chi connectivity index (χ1v) is 3.35. The first-order chi connectivity index (χ1) is 4.24. The van der Waals surface area contributed by atoms with Gasteiger partial charge in [-0.3, -0.25) is 0 Å². The monoisotopic (exact) mass is 175 g/mol. The molecule has 0 spiro atoms. The number of halogens is 1. The maximum absolute atomic E-state index is 8.25. The van der Waals surface area contributed by atoms with Crippen molar-refractivity contribution < 1.29 is 12.4 Å². The Morgan fingerprint density at radius 2 is 2.10 bits per heavy atom. The Kier molecular flexibility index (Phi) is 3.26. The van der Waals surface area contributed by atoms with Crippen LogP contribution in [0.3, 0.4) is 0 Å². The topological polar surface area (TPSA) is 41.0 Å². The fourth-order valence-corrected chi connectivity index (χ4v) is 1.19. The molecule has 0 saturated heterocycles. The summed E-state index contributed by atoms with van der Waals surface area (Å²) in [5.74, 6) is 0. The number of hydrogen-bond acceptors (Lipinski definition) is 3. The maximum Gasteiger partial charge on any atom is 0.523 e. The van der Waals surface area contributed by atoms with Crippen LogP contribution >= 0.6 is 11.3 Å². The molecule has 0 bridgehead atoms. The van der Waals surface area contributed by atoms with Crippen LogP contribution in [0, 0.1) is 19.2 Å². The molecule has 0 saturated carbocycles. The summed E-state index contributed by atoms with van der Waals surface area (Å²) in [7, 11) is 0. The van der Waals surface area contributed by atoms with E-state index in [9.17, 15) is 0 Å². The molecule has 0 aliphatic rings. The largest absolute Gasteiger partial charge is 1.00 e. The third kappa shape index (κ3) is 1.66. The normalized spacial score (nSPS) is 8.10. The van der Waals surface area contributed by atoms with Gasteiger partial charge in [-0.2, -0.15) is 0 Å². The van der Waals surface area contributed by atoms with Crippen LogP contribution in [-0.2, 0) is 0 Å². The van der Waals surface area contributed by atoms with Crippen molar-refractivity contribution in [3.05, 3.63) is 15.5 Å². The van der Waals surface area contributed by atoms with E-state index in [-0.39, 0.29) is 12.4 Å². The summed E-state index contributed by atoms with van der Waals surface area (Å²) in [6.45, 7) is 3.84. The molecular weight excluding hydrogens is 170 g/mol. The Balaban J connectivity index is 0.000000810. The van der Waals surface area contributed by atoms with Crippen molar-refractivity contribution in [3.8, 4) is 0 Å². The van der Waals surface area contributed by atoms with Crippen LogP contribution in [0.15, 0.2) is 0 Å². The van der Waals surface area contributed by atoms with E-state index in [2.05, 4.69) is 9.96 Å². The second-order valence-corrected chi connectivity index (χ2v) is 2.92. The van der Waals surface area contributed by atoms with Gasteiger partial charge in [0, 0.05) is 11.9 Å².